The summed E-state index contributed by atoms with van der Waals surface area (Å²) in [7, 11) is 0. The summed E-state index contributed by atoms with van der Waals surface area (Å²) in [5.74, 6) is 0.656. The summed E-state index contributed by atoms with van der Waals surface area (Å²) in [6.07, 6.45) is 4.39. The highest BCUT2D eigenvalue weighted by Gasteiger charge is 2.22. The first-order valence-corrected chi connectivity index (χ1v) is 10.9. The minimum Gasteiger partial charge on any atom is -0.462 e. The smallest absolute Gasteiger partial charge is 0.341 e. The third kappa shape index (κ3) is 4.52. The predicted molar refractivity (Wildman–Crippen MR) is 107 cm³/mol. The lowest BCUT2D eigenvalue weighted by atomic mass is 10.1. The standard InChI is InChI=1S/C18H24N4O3S2/c1-4-25-17(24)15-11(2)12(3)27-16(15)19-14(23)10-26-18-21-20-13-8-6-5-7-9-22(13)18/h4-10H2,1-3H3,(H,19,23). The van der Waals surface area contributed by atoms with Crippen LogP contribution in [0.4, 0.5) is 5.00 Å². The third-order valence-electron chi connectivity index (χ3n) is 4.53. The number of aromatic nitrogens is 3. The number of esters is 1. The van der Waals surface area contributed by atoms with Gasteiger partial charge in [0, 0.05) is 17.8 Å². The molecular weight excluding hydrogens is 384 g/mol. The second-order valence-electron chi connectivity index (χ2n) is 6.41. The van der Waals surface area contributed by atoms with Gasteiger partial charge in [-0.3, -0.25) is 4.79 Å². The molecule has 0 fully saturated rings. The molecule has 0 atom stereocenters. The lowest BCUT2D eigenvalue weighted by Gasteiger charge is -2.08. The number of hydrogen-bond acceptors (Lipinski definition) is 7. The number of nitrogens with zero attached hydrogens (tertiary/aromatic N) is 3. The van der Waals surface area contributed by atoms with Crippen molar-refractivity contribution >= 4 is 40.0 Å². The van der Waals surface area contributed by atoms with Crippen molar-refractivity contribution in [3.63, 3.8) is 0 Å². The molecule has 2 aromatic rings. The summed E-state index contributed by atoms with van der Waals surface area (Å²) >= 11 is 2.78. The molecule has 3 heterocycles. The van der Waals surface area contributed by atoms with Crippen LogP contribution >= 0.6 is 23.1 Å². The number of aryl methyl sites for hydroxylation is 2. The summed E-state index contributed by atoms with van der Waals surface area (Å²) in [5, 5.41) is 12.7. The minimum atomic E-state index is -0.398. The van der Waals surface area contributed by atoms with Crippen molar-refractivity contribution in [2.75, 3.05) is 17.7 Å². The van der Waals surface area contributed by atoms with Crippen LogP contribution in [0.3, 0.4) is 0 Å². The number of carbonyl (C=O) groups excluding carboxylic acids is 2. The van der Waals surface area contributed by atoms with Gasteiger partial charge in [0.15, 0.2) is 5.16 Å². The fourth-order valence-corrected chi connectivity index (χ4v) is 4.87. The summed E-state index contributed by atoms with van der Waals surface area (Å²) < 4.78 is 7.25. The molecule has 0 saturated heterocycles. The Bertz CT molecular complexity index is 844. The summed E-state index contributed by atoms with van der Waals surface area (Å²) in [6, 6.07) is 0. The number of ether oxygens (including phenoxy) is 1. The Morgan fingerprint density at radius 1 is 1.26 bits per heavy atom. The van der Waals surface area contributed by atoms with Gasteiger partial charge in [-0.25, -0.2) is 4.79 Å². The number of anilines is 1. The van der Waals surface area contributed by atoms with Crippen molar-refractivity contribution in [2.45, 2.75) is 58.2 Å². The van der Waals surface area contributed by atoms with Gasteiger partial charge in [0.05, 0.1) is 17.9 Å². The Hall–Kier alpha value is -1.87. The van der Waals surface area contributed by atoms with Gasteiger partial charge < -0.3 is 14.6 Å². The molecule has 1 N–H and O–H groups in total. The molecule has 0 aromatic carbocycles. The zero-order valence-electron chi connectivity index (χ0n) is 15.8. The van der Waals surface area contributed by atoms with Crippen molar-refractivity contribution in [1.29, 1.82) is 0 Å². The zero-order valence-corrected chi connectivity index (χ0v) is 17.5. The molecule has 0 unspecified atom stereocenters. The molecule has 2 aromatic heterocycles. The van der Waals surface area contributed by atoms with Crippen LogP contribution in [0.15, 0.2) is 5.16 Å². The van der Waals surface area contributed by atoms with Gasteiger partial charge in [-0.1, -0.05) is 18.2 Å². The molecule has 1 amide bonds. The maximum absolute atomic E-state index is 12.5. The fraction of sp³-hybridized carbons (Fsp3) is 0.556. The van der Waals surface area contributed by atoms with Crippen LogP contribution in [0.2, 0.25) is 0 Å². The van der Waals surface area contributed by atoms with E-state index in [1.165, 1.54) is 29.5 Å². The monoisotopic (exact) mass is 408 g/mol. The van der Waals surface area contributed by atoms with Gasteiger partial charge in [-0.15, -0.1) is 21.5 Å². The van der Waals surface area contributed by atoms with Gasteiger partial charge in [0.1, 0.15) is 10.8 Å². The van der Waals surface area contributed by atoms with Crippen molar-refractivity contribution in [3.05, 3.63) is 21.8 Å². The summed E-state index contributed by atoms with van der Waals surface area (Å²) in [4.78, 5) is 25.7. The molecule has 1 aliphatic rings. The SMILES string of the molecule is CCOC(=O)c1c(NC(=O)CSc2nnc3n2CCCCC3)sc(C)c1C. The summed E-state index contributed by atoms with van der Waals surface area (Å²) in [6.45, 7) is 6.77. The summed E-state index contributed by atoms with van der Waals surface area (Å²) in [5.41, 5.74) is 1.30. The number of hydrogen-bond donors (Lipinski definition) is 1. The molecule has 27 heavy (non-hydrogen) atoms. The van der Waals surface area contributed by atoms with E-state index in [4.69, 9.17) is 4.74 Å². The number of fused-ring (bicyclic) bond motifs is 1. The van der Waals surface area contributed by atoms with Gasteiger partial charge >= 0.3 is 5.97 Å². The van der Waals surface area contributed by atoms with E-state index in [0.29, 0.717) is 17.2 Å². The molecule has 0 radical (unpaired) electrons. The van der Waals surface area contributed by atoms with E-state index in [1.807, 2.05) is 13.8 Å². The van der Waals surface area contributed by atoms with Crippen LogP contribution < -0.4 is 5.32 Å². The third-order valence-corrected chi connectivity index (χ3v) is 6.62. The first-order valence-electron chi connectivity index (χ1n) is 9.13. The van der Waals surface area contributed by atoms with E-state index in [0.717, 1.165) is 47.2 Å². The second-order valence-corrected chi connectivity index (χ2v) is 8.57. The molecule has 0 saturated carbocycles. The van der Waals surface area contributed by atoms with Crippen LogP contribution in [-0.4, -0.2) is 39.0 Å². The lowest BCUT2D eigenvalue weighted by Crippen LogP contribution is -2.17. The van der Waals surface area contributed by atoms with E-state index in [1.54, 1.807) is 6.92 Å². The van der Waals surface area contributed by atoms with Gasteiger partial charge in [0.2, 0.25) is 5.91 Å². The van der Waals surface area contributed by atoms with E-state index in [-0.39, 0.29) is 11.7 Å². The molecule has 1 aliphatic heterocycles. The molecule has 146 valence electrons. The Labute approximate surface area is 166 Å². The van der Waals surface area contributed by atoms with Crippen molar-refractivity contribution in [2.24, 2.45) is 0 Å². The van der Waals surface area contributed by atoms with Crippen LogP contribution in [0.25, 0.3) is 0 Å². The molecule has 0 bridgehead atoms. The first kappa shape index (κ1) is 19.9. The van der Waals surface area contributed by atoms with Crippen LogP contribution in [-0.2, 0) is 22.5 Å². The zero-order chi connectivity index (χ0) is 19.4. The Kier molecular flexibility index (Phi) is 6.54. The fourth-order valence-electron chi connectivity index (χ4n) is 3.02. The Balaban J connectivity index is 1.66. The van der Waals surface area contributed by atoms with Crippen LogP contribution in [0.5, 0.6) is 0 Å². The average Bonchev–Trinajstić information content (AvgIpc) is 3.03. The predicted octanol–water partition coefficient (Wildman–Crippen LogP) is 3.59. The van der Waals surface area contributed by atoms with Gasteiger partial charge in [0.25, 0.3) is 0 Å². The molecule has 3 rings (SSSR count). The highest BCUT2D eigenvalue weighted by atomic mass is 32.2. The minimum absolute atomic E-state index is 0.169. The number of thiophene rings is 1. The molecular formula is C18H24N4O3S2. The average molecular weight is 409 g/mol. The van der Waals surface area contributed by atoms with Gasteiger partial charge in [-0.05, 0) is 39.2 Å². The highest BCUT2D eigenvalue weighted by molar-refractivity contribution is 7.99. The molecule has 7 nitrogen and oxygen atoms in total. The maximum atomic E-state index is 12.5. The van der Waals surface area contributed by atoms with Gasteiger partial charge in [-0.2, -0.15) is 0 Å². The number of carbonyl (C=O) groups is 2. The molecule has 0 aliphatic carbocycles. The van der Waals surface area contributed by atoms with Crippen molar-refractivity contribution < 1.29 is 14.3 Å². The van der Waals surface area contributed by atoms with Crippen LogP contribution in [0.1, 0.15) is 52.8 Å². The van der Waals surface area contributed by atoms with Crippen LogP contribution in [0, 0.1) is 13.8 Å². The van der Waals surface area contributed by atoms with E-state index >= 15 is 0 Å². The first-order chi connectivity index (χ1) is 13.0. The second kappa shape index (κ2) is 8.88. The number of thioether (sulfide) groups is 1. The number of amides is 1. The lowest BCUT2D eigenvalue weighted by molar-refractivity contribution is -0.113. The number of nitrogens with one attached hydrogen (secondary N) is 1. The maximum Gasteiger partial charge on any atom is 0.341 e. The molecule has 9 heteroatoms. The topological polar surface area (TPSA) is 86.1 Å². The normalized spacial score (nSPS) is 13.7. The van der Waals surface area contributed by atoms with Crippen molar-refractivity contribution in [3.8, 4) is 0 Å². The van der Waals surface area contributed by atoms with E-state index in [9.17, 15) is 9.59 Å². The Morgan fingerprint density at radius 3 is 2.85 bits per heavy atom. The molecule has 0 spiro atoms. The van der Waals surface area contributed by atoms with E-state index < -0.39 is 5.97 Å². The van der Waals surface area contributed by atoms with E-state index in [2.05, 4.69) is 20.1 Å². The largest absolute Gasteiger partial charge is 0.462 e. The Morgan fingerprint density at radius 2 is 2.07 bits per heavy atom. The quantitative estimate of drug-likeness (QED) is 0.581. The highest BCUT2D eigenvalue weighted by Crippen LogP contribution is 2.33. The van der Waals surface area contributed by atoms with Crippen molar-refractivity contribution in [1.82, 2.24) is 14.8 Å². The number of rotatable bonds is 6.